The third-order valence-electron chi connectivity index (χ3n) is 12.3. The van der Waals surface area contributed by atoms with E-state index in [0.717, 1.165) is 81.5 Å². The van der Waals surface area contributed by atoms with Crippen molar-refractivity contribution in [1.29, 1.82) is 0 Å². The highest BCUT2D eigenvalue weighted by molar-refractivity contribution is 8.00. The number of thioether (sulfide) groups is 3. The lowest BCUT2D eigenvalue weighted by Crippen LogP contribution is -2.36. The zero-order valence-corrected chi connectivity index (χ0v) is 42.8. The van der Waals surface area contributed by atoms with Gasteiger partial charge in [-0.25, -0.2) is 19.2 Å². The molecule has 0 aromatic carbocycles. The van der Waals surface area contributed by atoms with Gasteiger partial charge < -0.3 is 57.9 Å². The molecule has 0 aromatic heterocycles. The number of rotatable bonds is 27. The number of unbranched alkanes of at least 4 members (excludes halogenated alkanes) is 4. The first-order chi connectivity index (χ1) is 33.1. The molecule has 6 rings (SSSR count). The van der Waals surface area contributed by atoms with Gasteiger partial charge in [-0.2, -0.15) is 35.3 Å². The lowest BCUT2D eigenvalue weighted by Gasteiger charge is -2.16. The maximum absolute atomic E-state index is 11.8. The number of amides is 10. The van der Waals surface area contributed by atoms with Crippen LogP contribution in [0.5, 0.6) is 0 Å². The summed E-state index contributed by atoms with van der Waals surface area (Å²) in [7, 11) is 0. The highest BCUT2D eigenvalue weighted by atomic mass is 32.2. The van der Waals surface area contributed by atoms with E-state index in [-0.39, 0.29) is 77.9 Å². The van der Waals surface area contributed by atoms with Crippen molar-refractivity contribution in [3.8, 4) is 0 Å². The smallest absolute Gasteiger partial charge is 0.330 e. The van der Waals surface area contributed by atoms with Crippen molar-refractivity contribution in [3.63, 3.8) is 0 Å². The van der Waals surface area contributed by atoms with Crippen LogP contribution in [0.2, 0.25) is 0 Å². The van der Waals surface area contributed by atoms with Crippen molar-refractivity contribution in [1.82, 2.24) is 53.2 Å². The molecule has 0 saturated carbocycles. The third kappa shape index (κ3) is 20.7. The summed E-state index contributed by atoms with van der Waals surface area (Å²) in [4.78, 5) is 90.8. The summed E-state index contributed by atoms with van der Waals surface area (Å²) in [6.45, 7) is 16.5. The Hall–Kier alpha value is -4.57. The molecular weight excluding hydrogens is 945 g/mol. The maximum Gasteiger partial charge on any atom is 0.330 e. The van der Waals surface area contributed by atoms with Crippen LogP contribution in [0, 0.1) is 0 Å². The number of hydrogen-bond acceptors (Lipinski definition) is 12. The number of carbonyl (C=O) groups excluding carboxylic acids is 8. The number of hydrogen-bond donors (Lipinski definition) is 10. The number of esters is 1. The van der Waals surface area contributed by atoms with E-state index in [1.54, 1.807) is 13.8 Å². The number of carbonyl (C=O) groups is 8. The number of fused-ring (bicyclic) bond motifs is 3. The zero-order valence-electron chi connectivity index (χ0n) is 40.4. The van der Waals surface area contributed by atoms with E-state index in [9.17, 15) is 38.4 Å². The zero-order chi connectivity index (χ0) is 50.1. The minimum Gasteiger partial charge on any atom is -0.463 e. The van der Waals surface area contributed by atoms with E-state index in [1.807, 2.05) is 35.3 Å². The maximum atomic E-state index is 11.8. The van der Waals surface area contributed by atoms with Gasteiger partial charge in [-0.3, -0.25) is 19.2 Å². The van der Waals surface area contributed by atoms with E-state index in [1.165, 1.54) is 6.08 Å². The second kappa shape index (κ2) is 30.9. The molecule has 0 unspecified atom stereocenters. The van der Waals surface area contributed by atoms with Crippen LogP contribution < -0.4 is 53.2 Å². The summed E-state index contributed by atoms with van der Waals surface area (Å²) >= 11 is 5.73. The van der Waals surface area contributed by atoms with E-state index in [2.05, 4.69) is 72.9 Å². The molecule has 0 aromatic rings. The lowest BCUT2D eigenvalue weighted by atomic mass is 10.0. The molecule has 22 heteroatoms. The highest BCUT2D eigenvalue weighted by Gasteiger charge is 2.44. The predicted molar refractivity (Wildman–Crippen MR) is 274 cm³/mol. The van der Waals surface area contributed by atoms with Gasteiger partial charge in [0, 0.05) is 89.3 Å². The molecule has 0 spiro atoms. The van der Waals surface area contributed by atoms with Crippen molar-refractivity contribution in [3.05, 3.63) is 37.0 Å². The van der Waals surface area contributed by atoms with Crippen LogP contribution in [0.1, 0.15) is 104 Å². The van der Waals surface area contributed by atoms with Crippen LogP contribution in [0.4, 0.5) is 14.4 Å². The number of urea groups is 3. The van der Waals surface area contributed by atoms with Crippen LogP contribution in [-0.2, 0) is 28.7 Å². The molecule has 386 valence electrons. The van der Waals surface area contributed by atoms with Gasteiger partial charge in [0.2, 0.25) is 23.6 Å². The van der Waals surface area contributed by atoms with Crippen LogP contribution >= 0.6 is 35.3 Å². The first kappa shape index (κ1) is 57.0. The Morgan fingerprint density at radius 3 is 1.26 bits per heavy atom. The first-order valence-electron chi connectivity index (χ1n) is 24.4. The van der Waals surface area contributed by atoms with Crippen molar-refractivity contribution in [2.45, 2.75) is 156 Å². The number of ether oxygens (including phenoxy) is 1. The van der Waals surface area contributed by atoms with Gasteiger partial charge in [-0.15, -0.1) is 0 Å². The van der Waals surface area contributed by atoms with E-state index < -0.39 is 0 Å². The van der Waals surface area contributed by atoms with Gasteiger partial charge >= 0.3 is 24.1 Å². The van der Waals surface area contributed by atoms with Gasteiger partial charge in [-0.05, 0) is 65.2 Å². The van der Waals surface area contributed by atoms with Crippen LogP contribution in [0.15, 0.2) is 37.0 Å². The molecule has 0 radical (unpaired) electrons. The highest BCUT2D eigenvalue weighted by Crippen LogP contribution is 2.35. The summed E-state index contributed by atoms with van der Waals surface area (Å²) < 4.78 is 4.92. The Kier molecular flexibility index (Phi) is 25.5. The molecule has 6 aliphatic heterocycles. The van der Waals surface area contributed by atoms with Crippen molar-refractivity contribution < 1.29 is 43.1 Å². The molecule has 69 heavy (non-hydrogen) atoms. The Balaban J connectivity index is 0.000000228. The largest absolute Gasteiger partial charge is 0.463 e. The normalized spacial score (nSPS) is 25.4. The van der Waals surface area contributed by atoms with Gasteiger partial charge in [0.15, 0.2) is 0 Å². The first-order valence-corrected chi connectivity index (χ1v) is 27.6. The molecule has 6 heterocycles. The average molecular weight is 1020 g/mol. The second-order valence-corrected chi connectivity index (χ2v) is 21.9. The summed E-state index contributed by atoms with van der Waals surface area (Å²) in [5.41, 5.74) is 0.979. The fraction of sp³-hybridized carbons (Fsp3) is 0.702. The molecule has 10 N–H and O–H groups in total. The third-order valence-corrected chi connectivity index (χ3v) is 16.9. The van der Waals surface area contributed by atoms with E-state index >= 15 is 0 Å². The quantitative estimate of drug-likeness (QED) is 0.0246. The SMILES string of the molecule is C=C(C)C(=O)NCCCNC(=O)CCCC[C@@H]1SC[C@@H]2NC(=O)N[C@@H]21.C=C(C)C(=O)NCCCNC(=O)CCCC[C@@H]1SC[C@@H]2NC(=O)N[C@@H]21.C=CC(=O)OCCCCC[C@@H]1SC[C@@H]2NC(=O)N[C@@H]21. The molecule has 0 aliphatic carbocycles. The van der Waals surface area contributed by atoms with Gasteiger partial charge in [0.1, 0.15) is 0 Å². The Labute approximate surface area is 420 Å². The number of nitrogens with one attached hydrogen (secondary N) is 10. The summed E-state index contributed by atoms with van der Waals surface area (Å²) in [6, 6.07) is 1.44. The monoisotopic (exact) mass is 1020 g/mol. The van der Waals surface area contributed by atoms with Crippen molar-refractivity contribution in [2.24, 2.45) is 0 Å². The Morgan fingerprint density at radius 2 is 0.899 bits per heavy atom. The predicted octanol–water partition coefficient (Wildman–Crippen LogP) is 3.26. The van der Waals surface area contributed by atoms with Crippen molar-refractivity contribution >= 4 is 83.0 Å². The molecule has 6 fully saturated rings. The van der Waals surface area contributed by atoms with E-state index in [4.69, 9.17) is 4.74 Å². The van der Waals surface area contributed by atoms with Crippen LogP contribution in [-0.4, -0.2) is 150 Å². The van der Waals surface area contributed by atoms with Gasteiger partial charge in [-0.1, -0.05) is 45.4 Å². The molecule has 10 amide bonds. The Bertz CT molecular complexity index is 1720. The summed E-state index contributed by atoms with van der Waals surface area (Å²) in [5.74, 6) is 2.41. The van der Waals surface area contributed by atoms with Crippen LogP contribution in [0.3, 0.4) is 0 Å². The standard InChI is InChI=1S/2C17H28N4O3S.C13H20N2O3S/c2*1-11(2)16(23)19-9-5-8-18-14(22)7-4-3-6-13-15-12(10-25-13)20-17(24)21-15;1-2-11(16)18-7-5-3-4-6-10-12-9(8-19-10)14-13(17)15-12/h2*12-13,15H,1,3-10H2,2H3,(H,18,22)(H,19,23)(H2,20,21,24);2,9-10,12H,1,3-8H2,(H2,14,15,17)/t2*12-,13-,15-;9-,10-,12-/m000/s1. The van der Waals surface area contributed by atoms with E-state index in [0.29, 0.717) is 91.4 Å². The molecule has 0 bridgehead atoms. The summed E-state index contributed by atoms with van der Waals surface area (Å²) in [5, 5.41) is 30.4. The lowest BCUT2D eigenvalue weighted by molar-refractivity contribution is -0.138. The second-order valence-electron chi connectivity index (χ2n) is 18.1. The molecule has 6 aliphatic rings. The molecule has 19 nitrogen and oxygen atoms in total. The fourth-order valence-electron chi connectivity index (χ4n) is 8.56. The minimum absolute atomic E-state index is 0.0309. The average Bonchev–Trinajstić information content (AvgIpc) is 4.18. The van der Waals surface area contributed by atoms with Crippen LogP contribution in [0.25, 0.3) is 0 Å². The molecule has 9 atom stereocenters. The minimum atomic E-state index is -0.353. The molecule has 6 saturated heterocycles. The molecular formula is C47H76N10O9S3. The topological polar surface area (TPSA) is 266 Å². The van der Waals surface area contributed by atoms with Gasteiger partial charge in [0.05, 0.1) is 42.9 Å². The van der Waals surface area contributed by atoms with Crippen molar-refractivity contribution in [2.75, 3.05) is 50.0 Å². The van der Waals surface area contributed by atoms with Gasteiger partial charge in [0.25, 0.3) is 0 Å². The fourth-order valence-corrected chi connectivity index (χ4v) is 13.2. The Morgan fingerprint density at radius 1 is 0.536 bits per heavy atom. The summed E-state index contributed by atoms with van der Waals surface area (Å²) in [6.07, 6.45) is 13.5.